The van der Waals surface area contributed by atoms with Gasteiger partial charge in [-0.3, -0.25) is 0 Å². The van der Waals surface area contributed by atoms with E-state index >= 15 is 0 Å². The molecule has 0 aliphatic heterocycles. The zero-order valence-corrected chi connectivity index (χ0v) is 16.3. The Bertz CT molecular complexity index is 907. The lowest BCUT2D eigenvalue weighted by Crippen LogP contribution is -1.97. The van der Waals surface area contributed by atoms with Crippen LogP contribution in [-0.2, 0) is 19.3 Å². The van der Waals surface area contributed by atoms with Gasteiger partial charge in [0.25, 0.3) is 0 Å². The molecule has 0 atom stereocenters. The first-order chi connectivity index (χ1) is 12.9. The van der Waals surface area contributed by atoms with E-state index in [1.807, 2.05) is 20.8 Å². The van der Waals surface area contributed by atoms with Gasteiger partial charge in [0.15, 0.2) is 17.5 Å². The van der Waals surface area contributed by atoms with Crippen LogP contribution in [0.2, 0.25) is 0 Å². The molecule has 0 aliphatic rings. The molecule has 27 heavy (non-hydrogen) atoms. The molecule has 0 unspecified atom stereocenters. The predicted molar refractivity (Wildman–Crippen MR) is 101 cm³/mol. The van der Waals surface area contributed by atoms with Crippen LogP contribution in [0, 0.1) is 29.1 Å². The van der Waals surface area contributed by atoms with E-state index in [9.17, 15) is 22.0 Å². The summed E-state index contributed by atoms with van der Waals surface area (Å²) in [7, 11) is 0. The molecule has 2 aromatic carbocycles. The summed E-state index contributed by atoms with van der Waals surface area (Å²) in [6.07, 6.45) is 1.84. The molecule has 0 amide bonds. The highest BCUT2D eigenvalue weighted by Gasteiger charge is 2.17. The van der Waals surface area contributed by atoms with Gasteiger partial charge in [-0.1, -0.05) is 27.2 Å². The highest BCUT2D eigenvalue weighted by molar-refractivity contribution is 7.19. The number of rotatable bonds is 5. The molecule has 0 aliphatic carbocycles. The molecular formula is C21H21F5S. The molecule has 3 rings (SSSR count). The molecule has 0 radical (unpaired) electrons. The molecule has 0 N–H and O–H groups in total. The Kier molecular flexibility index (Phi) is 7.36. The maximum atomic E-state index is 14.5. The Morgan fingerprint density at radius 1 is 0.704 bits per heavy atom. The lowest BCUT2D eigenvalue weighted by molar-refractivity contribution is 0.445. The fourth-order valence-corrected chi connectivity index (χ4v) is 4.01. The van der Waals surface area contributed by atoms with Gasteiger partial charge in [0, 0.05) is 9.58 Å². The van der Waals surface area contributed by atoms with Crippen LogP contribution in [0.5, 0.6) is 0 Å². The van der Waals surface area contributed by atoms with Crippen molar-refractivity contribution in [1.29, 1.82) is 0 Å². The van der Waals surface area contributed by atoms with Gasteiger partial charge in [-0.15, -0.1) is 11.3 Å². The summed E-state index contributed by atoms with van der Waals surface area (Å²) in [5, 5.41) is -0.0451. The average Bonchev–Trinajstić information content (AvgIpc) is 2.96. The molecule has 1 aromatic heterocycles. The van der Waals surface area contributed by atoms with Crippen molar-refractivity contribution in [2.24, 2.45) is 0 Å². The molecule has 0 bridgehead atoms. The van der Waals surface area contributed by atoms with Crippen LogP contribution in [-0.4, -0.2) is 0 Å². The van der Waals surface area contributed by atoms with E-state index in [4.69, 9.17) is 0 Å². The van der Waals surface area contributed by atoms with E-state index in [2.05, 4.69) is 0 Å². The largest absolute Gasteiger partial charge is 0.206 e. The minimum absolute atomic E-state index is 0.0451. The first kappa shape index (κ1) is 21.4. The molecule has 0 nitrogen and oxygen atoms in total. The van der Waals surface area contributed by atoms with E-state index in [0.717, 1.165) is 35.5 Å². The zero-order valence-electron chi connectivity index (χ0n) is 15.4. The van der Waals surface area contributed by atoms with E-state index in [-0.39, 0.29) is 23.8 Å². The maximum absolute atomic E-state index is 14.5. The smallest absolute Gasteiger partial charge is 0.194 e. The summed E-state index contributed by atoms with van der Waals surface area (Å²) in [6.45, 7) is 5.98. The van der Waals surface area contributed by atoms with Gasteiger partial charge in [0.2, 0.25) is 0 Å². The molecule has 0 saturated carbocycles. The standard InChI is InChI=1S/C19H15F5S.C2H6/c1-2-3-10-6-12(20)17-16(9-10)25-15(19(17)24)5-4-11-7-13(21)18(23)14(22)8-11;1-2/h6-9H,2-5H2,1H3;1-2H3. The fraction of sp³-hybridized carbons (Fsp3) is 0.333. The van der Waals surface area contributed by atoms with E-state index in [0.29, 0.717) is 16.0 Å². The average molecular weight is 400 g/mol. The Labute approximate surface area is 159 Å². The number of thiophene rings is 1. The van der Waals surface area contributed by atoms with E-state index in [1.165, 1.54) is 6.07 Å². The molecule has 0 fully saturated rings. The number of hydrogen-bond acceptors (Lipinski definition) is 1. The molecule has 3 aromatic rings. The van der Waals surface area contributed by atoms with Crippen molar-refractivity contribution in [2.45, 2.75) is 46.5 Å². The fourth-order valence-electron chi connectivity index (χ4n) is 2.85. The van der Waals surface area contributed by atoms with Gasteiger partial charge in [-0.25, -0.2) is 22.0 Å². The molecule has 0 spiro atoms. The quantitative estimate of drug-likeness (QED) is 0.310. The van der Waals surface area contributed by atoms with Crippen molar-refractivity contribution >= 4 is 21.4 Å². The molecule has 0 saturated heterocycles. The summed E-state index contributed by atoms with van der Waals surface area (Å²) in [5.74, 6) is -5.31. The molecular weight excluding hydrogens is 379 g/mol. The number of hydrogen-bond donors (Lipinski definition) is 0. The number of fused-ring (bicyclic) bond motifs is 1. The normalized spacial score (nSPS) is 10.8. The Morgan fingerprint density at radius 3 is 1.85 bits per heavy atom. The van der Waals surface area contributed by atoms with Crippen molar-refractivity contribution in [1.82, 2.24) is 0 Å². The zero-order chi connectivity index (χ0) is 20.1. The lowest BCUT2D eigenvalue weighted by Gasteiger charge is -2.02. The molecule has 146 valence electrons. The SMILES string of the molecule is CC.CCCc1cc(F)c2c(F)c(CCc3cc(F)c(F)c(F)c3)sc2c1. The van der Waals surface area contributed by atoms with Crippen LogP contribution in [0.3, 0.4) is 0 Å². The van der Waals surface area contributed by atoms with Gasteiger partial charge in [-0.2, -0.15) is 0 Å². The number of halogens is 5. The van der Waals surface area contributed by atoms with Gasteiger partial charge in [0.1, 0.15) is 11.6 Å². The maximum Gasteiger partial charge on any atom is 0.194 e. The Balaban J connectivity index is 0.00000126. The number of aryl methyl sites for hydroxylation is 3. The predicted octanol–water partition coefficient (Wildman–Crippen LogP) is 7.36. The first-order valence-corrected chi connectivity index (χ1v) is 9.75. The van der Waals surface area contributed by atoms with Gasteiger partial charge >= 0.3 is 0 Å². The minimum atomic E-state index is -1.53. The van der Waals surface area contributed by atoms with E-state index < -0.39 is 29.1 Å². The van der Waals surface area contributed by atoms with Crippen LogP contribution in [0.25, 0.3) is 10.1 Å². The Hall–Kier alpha value is -1.95. The summed E-state index contributed by atoms with van der Waals surface area (Å²) in [6, 6.07) is 4.90. The minimum Gasteiger partial charge on any atom is -0.206 e. The monoisotopic (exact) mass is 400 g/mol. The van der Waals surface area contributed by atoms with E-state index in [1.54, 1.807) is 6.07 Å². The van der Waals surface area contributed by atoms with Crippen molar-refractivity contribution < 1.29 is 22.0 Å². The first-order valence-electron chi connectivity index (χ1n) is 8.93. The van der Waals surface area contributed by atoms with Crippen molar-refractivity contribution in [3.8, 4) is 0 Å². The second-order valence-electron chi connectivity index (χ2n) is 5.91. The van der Waals surface area contributed by atoms with Crippen LogP contribution in [0.1, 0.15) is 43.2 Å². The third kappa shape index (κ3) is 4.67. The summed E-state index contributed by atoms with van der Waals surface area (Å²) < 4.78 is 68.7. The van der Waals surface area contributed by atoms with Gasteiger partial charge in [0.05, 0.1) is 5.39 Å². The van der Waals surface area contributed by atoms with Gasteiger partial charge < -0.3 is 0 Å². The lowest BCUT2D eigenvalue weighted by atomic mass is 10.1. The van der Waals surface area contributed by atoms with Crippen LogP contribution < -0.4 is 0 Å². The molecule has 6 heteroatoms. The van der Waals surface area contributed by atoms with Crippen LogP contribution in [0.15, 0.2) is 24.3 Å². The topological polar surface area (TPSA) is 0 Å². The second kappa shape index (κ2) is 9.31. The van der Waals surface area contributed by atoms with Crippen molar-refractivity contribution in [3.63, 3.8) is 0 Å². The highest BCUT2D eigenvalue weighted by Crippen LogP contribution is 2.34. The van der Waals surface area contributed by atoms with Gasteiger partial charge in [-0.05, 0) is 54.7 Å². The Morgan fingerprint density at radius 2 is 1.26 bits per heavy atom. The third-order valence-corrected chi connectivity index (χ3v) is 5.21. The molecule has 1 heterocycles. The summed E-state index contributed by atoms with van der Waals surface area (Å²) in [5.41, 5.74) is 1.03. The van der Waals surface area contributed by atoms with Crippen molar-refractivity contribution in [3.05, 3.63) is 69.4 Å². The van der Waals surface area contributed by atoms with Crippen molar-refractivity contribution in [2.75, 3.05) is 0 Å². The second-order valence-corrected chi connectivity index (χ2v) is 7.05. The van der Waals surface area contributed by atoms with Crippen LogP contribution in [0.4, 0.5) is 22.0 Å². The summed E-state index contributed by atoms with van der Waals surface area (Å²) >= 11 is 1.13. The third-order valence-electron chi connectivity index (χ3n) is 4.03. The number of benzene rings is 2. The highest BCUT2D eigenvalue weighted by atomic mass is 32.1. The van der Waals surface area contributed by atoms with Crippen LogP contribution >= 0.6 is 11.3 Å². The summed E-state index contributed by atoms with van der Waals surface area (Å²) in [4.78, 5) is 0.313.